The Hall–Kier alpha value is -1.71. The quantitative estimate of drug-likeness (QED) is 0.859. The summed E-state index contributed by atoms with van der Waals surface area (Å²) in [7, 11) is 1.36. The van der Waals surface area contributed by atoms with Gasteiger partial charge in [0.2, 0.25) is 0 Å². The third-order valence-corrected chi connectivity index (χ3v) is 3.29. The molecule has 0 unspecified atom stereocenters. The molecule has 4 heteroatoms. The largest absolute Gasteiger partial charge is 0.453 e. The van der Waals surface area contributed by atoms with E-state index in [1.165, 1.54) is 39.2 Å². The fourth-order valence-electron chi connectivity index (χ4n) is 2.30. The number of anilines is 2. The lowest BCUT2D eigenvalue weighted by Crippen LogP contribution is -2.22. The van der Waals surface area contributed by atoms with Crippen LogP contribution in [0.4, 0.5) is 16.2 Å². The van der Waals surface area contributed by atoms with Gasteiger partial charge in [-0.05, 0) is 37.1 Å². The number of benzene rings is 1. The molecule has 2 rings (SSSR count). The molecule has 1 fully saturated rings. The normalized spacial score (nSPS) is 16.1. The topological polar surface area (TPSA) is 50.4 Å². The Labute approximate surface area is 108 Å². The van der Waals surface area contributed by atoms with Crippen molar-refractivity contribution < 1.29 is 9.53 Å². The van der Waals surface area contributed by atoms with Crippen LogP contribution in [0.5, 0.6) is 0 Å². The fraction of sp³-hybridized carbons (Fsp3) is 0.500. The molecular weight excluding hydrogens is 228 g/mol. The third kappa shape index (κ3) is 3.65. The molecule has 18 heavy (non-hydrogen) atoms. The third-order valence-electron chi connectivity index (χ3n) is 3.29. The van der Waals surface area contributed by atoms with Crippen LogP contribution in [0, 0.1) is 0 Å². The minimum Gasteiger partial charge on any atom is -0.453 e. The zero-order valence-electron chi connectivity index (χ0n) is 10.7. The molecule has 1 aliphatic rings. The van der Waals surface area contributed by atoms with Gasteiger partial charge in [-0.2, -0.15) is 0 Å². The number of carbonyl (C=O) groups is 1. The molecule has 0 spiro atoms. The minimum atomic E-state index is -0.442. The maximum absolute atomic E-state index is 11.0. The van der Waals surface area contributed by atoms with Gasteiger partial charge in [-0.3, -0.25) is 5.32 Å². The number of hydrogen-bond acceptors (Lipinski definition) is 3. The van der Waals surface area contributed by atoms with Gasteiger partial charge in [0, 0.05) is 17.4 Å². The Balaban J connectivity index is 1.88. The predicted molar refractivity (Wildman–Crippen MR) is 73.0 cm³/mol. The Morgan fingerprint density at radius 2 is 1.72 bits per heavy atom. The molecule has 0 bridgehead atoms. The van der Waals surface area contributed by atoms with Crippen LogP contribution in [0.1, 0.15) is 32.1 Å². The van der Waals surface area contributed by atoms with E-state index in [2.05, 4.69) is 15.4 Å². The van der Waals surface area contributed by atoms with E-state index < -0.39 is 6.09 Å². The lowest BCUT2D eigenvalue weighted by atomic mass is 9.95. The van der Waals surface area contributed by atoms with Crippen LogP contribution in [0.3, 0.4) is 0 Å². The second-order valence-electron chi connectivity index (χ2n) is 4.67. The summed E-state index contributed by atoms with van der Waals surface area (Å²) in [5, 5.41) is 6.16. The van der Waals surface area contributed by atoms with E-state index >= 15 is 0 Å². The maximum Gasteiger partial charge on any atom is 0.411 e. The van der Waals surface area contributed by atoms with E-state index in [9.17, 15) is 4.79 Å². The van der Waals surface area contributed by atoms with Crippen LogP contribution < -0.4 is 10.6 Å². The van der Waals surface area contributed by atoms with Gasteiger partial charge >= 0.3 is 6.09 Å². The Morgan fingerprint density at radius 3 is 2.33 bits per heavy atom. The number of hydrogen-bond donors (Lipinski definition) is 2. The SMILES string of the molecule is COC(=O)Nc1ccc(NC2CCCCC2)cc1. The molecule has 0 aliphatic heterocycles. The van der Waals surface area contributed by atoms with Crippen molar-refractivity contribution in [1.29, 1.82) is 0 Å². The number of nitrogens with one attached hydrogen (secondary N) is 2. The molecule has 0 heterocycles. The van der Waals surface area contributed by atoms with E-state index in [1.807, 2.05) is 24.3 Å². The molecule has 1 aliphatic carbocycles. The van der Waals surface area contributed by atoms with Crippen molar-refractivity contribution in [3.63, 3.8) is 0 Å². The molecule has 1 amide bonds. The van der Waals surface area contributed by atoms with Gasteiger partial charge in [-0.15, -0.1) is 0 Å². The van der Waals surface area contributed by atoms with Crippen molar-refractivity contribution in [2.45, 2.75) is 38.1 Å². The number of amides is 1. The molecule has 0 radical (unpaired) electrons. The average Bonchev–Trinajstić information content (AvgIpc) is 2.42. The van der Waals surface area contributed by atoms with E-state index in [0.717, 1.165) is 11.4 Å². The zero-order chi connectivity index (χ0) is 12.8. The van der Waals surface area contributed by atoms with Gasteiger partial charge in [0.25, 0.3) is 0 Å². The summed E-state index contributed by atoms with van der Waals surface area (Å²) in [5.41, 5.74) is 1.85. The lowest BCUT2D eigenvalue weighted by molar-refractivity contribution is 0.187. The molecule has 0 atom stereocenters. The molecule has 0 saturated heterocycles. The molecule has 1 aromatic carbocycles. The summed E-state index contributed by atoms with van der Waals surface area (Å²) in [5.74, 6) is 0. The van der Waals surface area contributed by atoms with Gasteiger partial charge in [-0.25, -0.2) is 4.79 Å². The summed E-state index contributed by atoms with van der Waals surface area (Å²) in [4.78, 5) is 11.0. The summed E-state index contributed by atoms with van der Waals surface area (Å²) < 4.78 is 4.54. The molecule has 98 valence electrons. The predicted octanol–water partition coefficient (Wildman–Crippen LogP) is 3.61. The van der Waals surface area contributed by atoms with Gasteiger partial charge in [0.1, 0.15) is 0 Å². The van der Waals surface area contributed by atoms with Crippen molar-refractivity contribution in [2.24, 2.45) is 0 Å². The highest BCUT2D eigenvalue weighted by atomic mass is 16.5. The Bertz CT molecular complexity index is 383. The Kier molecular flexibility index (Phi) is 4.45. The summed E-state index contributed by atoms with van der Waals surface area (Å²) in [6.07, 6.45) is 6.06. The lowest BCUT2D eigenvalue weighted by Gasteiger charge is -2.23. The van der Waals surface area contributed by atoms with Crippen LogP contribution in [0.25, 0.3) is 0 Å². The van der Waals surface area contributed by atoms with Crippen molar-refractivity contribution in [1.82, 2.24) is 0 Å². The highest BCUT2D eigenvalue weighted by Crippen LogP contribution is 2.22. The highest BCUT2D eigenvalue weighted by molar-refractivity contribution is 5.84. The number of methoxy groups -OCH3 is 1. The van der Waals surface area contributed by atoms with Crippen LogP contribution in [-0.2, 0) is 4.74 Å². The van der Waals surface area contributed by atoms with Crippen molar-refractivity contribution in [3.8, 4) is 0 Å². The van der Waals surface area contributed by atoms with Crippen molar-refractivity contribution >= 4 is 17.5 Å². The first-order valence-corrected chi connectivity index (χ1v) is 6.49. The standard InChI is InChI=1S/C14H20N2O2/c1-18-14(17)16-13-9-7-12(8-10-13)15-11-5-3-2-4-6-11/h7-11,15H,2-6H2,1H3,(H,16,17). The first-order valence-electron chi connectivity index (χ1n) is 6.49. The molecular formula is C14H20N2O2. The van der Waals surface area contributed by atoms with Gasteiger partial charge in [0.15, 0.2) is 0 Å². The first kappa shape index (κ1) is 12.7. The van der Waals surface area contributed by atoms with Gasteiger partial charge < -0.3 is 10.1 Å². The van der Waals surface area contributed by atoms with Crippen LogP contribution in [-0.4, -0.2) is 19.2 Å². The summed E-state index contributed by atoms with van der Waals surface area (Å²) in [6.45, 7) is 0. The minimum absolute atomic E-state index is 0.442. The smallest absolute Gasteiger partial charge is 0.411 e. The average molecular weight is 248 g/mol. The number of rotatable bonds is 3. The van der Waals surface area contributed by atoms with E-state index in [4.69, 9.17) is 0 Å². The monoisotopic (exact) mass is 248 g/mol. The van der Waals surface area contributed by atoms with E-state index in [-0.39, 0.29) is 0 Å². The second-order valence-corrected chi connectivity index (χ2v) is 4.67. The number of carbonyl (C=O) groups excluding carboxylic acids is 1. The van der Waals surface area contributed by atoms with E-state index in [0.29, 0.717) is 6.04 Å². The molecule has 4 nitrogen and oxygen atoms in total. The van der Waals surface area contributed by atoms with Crippen LogP contribution >= 0.6 is 0 Å². The Morgan fingerprint density at radius 1 is 1.11 bits per heavy atom. The number of ether oxygens (including phenoxy) is 1. The van der Waals surface area contributed by atoms with Gasteiger partial charge in [0.05, 0.1) is 7.11 Å². The zero-order valence-corrected chi connectivity index (χ0v) is 10.7. The molecule has 0 aromatic heterocycles. The maximum atomic E-state index is 11.0. The highest BCUT2D eigenvalue weighted by Gasteiger charge is 2.12. The molecule has 1 saturated carbocycles. The van der Waals surface area contributed by atoms with Gasteiger partial charge in [-0.1, -0.05) is 19.3 Å². The van der Waals surface area contributed by atoms with Crippen molar-refractivity contribution in [2.75, 3.05) is 17.7 Å². The van der Waals surface area contributed by atoms with Crippen molar-refractivity contribution in [3.05, 3.63) is 24.3 Å². The van der Waals surface area contributed by atoms with Crippen LogP contribution in [0.2, 0.25) is 0 Å². The van der Waals surface area contributed by atoms with Crippen LogP contribution in [0.15, 0.2) is 24.3 Å². The van der Waals surface area contributed by atoms with E-state index in [1.54, 1.807) is 0 Å². The second kappa shape index (κ2) is 6.28. The molecule has 1 aromatic rings. The fourth-order valence-corrected chi connectivity index (χ4v) is 2.30. The first-order chi connectivity index (χ1) is 8.78. The summed E-state index contributed by atoms with van der Waals surface area (Å²) in [6, 6.07) is 8.32. The summed E-state index contributed by atoms with van der Waals surface area (Å²) >= 11 is 0. The molecule has 2 N–H and O–H groups in total.